The Labute approximate surface area is 154 Å². The summed E-state index contributed by atoms with van der Waals surface area (Å²) in [7, 11) is 5.66. The minimum atomic E-state index is 0.0280. The van der Waals surface area contributed by atoms with Gasteiger partial charge in [0.1, 0.15) is 5.75 Å². The molecule has 0 aliphatic carbocycles. The summed E-state index contributed by atoms with van der Waals surface area (Å²) in [6.07, 6.45) is 1.06. The van der Waals surface area contributed by atoms with Crippen LogP contribution in [-0.4, -0.2) is 38.6 Å². The van der Waals surface area contributed by atoms with Crippen LogP contribution in [0.2, 0.25) is 5.02 Å². The van der Waals surface area contributed by atoms with E-state index in [1.165, 1.54) is 0 Å². The number of methoxy groups -OCH3 is 1. The van der Waals surface area contributed by atoms with Gasteiger partial charge < -0.3 is 15.0 Å². The first kappa shape index (κ1) is 19.3. The van der Waals surface area contributed by atoms with Crippen molar-refractivity contribution >= 4 is 17.5 Å². The van der Waals surface area contributed by atoms with Gasteiger partial charge in [0.25, 0.3) is 0 Å². The van der Waals surface area contributed by atoms with Crippen LogP contribution in [0, 0.1) is 0 Å². The van der Waals surface area contributed by atoms with E-state index < -0.39 is 0 Å². The third-order valence-corrected chi connectivity index (χ3v) is 4.56. The smallest absolute Gasteiger partial charge is 0.220 e. The fraction of sp³-hybridized carbons (Fsp3) is 0.350. The molecule has 1 amide bonds. The number of hydrogen-bond acceptors (Lipinski definition) is 3. The van der Waals surface area contributed by atoms with Crippen molar-refractivity contribution in [1.82, 2.24) is 10.2 Å². The third-order valence-electron chi connectivity index (χ3n) is 4.20. The Morgan fingerprint density at radius 3 is 2.44 bits per heavy atom. The van der Waals surface area contributed by atoms with Crippen LogP contribution >= 0.6 is 11.6 Å². The predicted octanol–water partition coefficient (Wildman–Crippen LogP) is 3.70. The van der Waals surface area contributed by atoms with Crippen LogP contribution < -0.4 is 10.1 Å². The Morgan fingerprint density at radius 1 is 1.16 bits per heavy atom. The molecule has 2 rings (SSSR count). The number of hydrogen-bond donors (Lipinski definition) is 1. The molecule has 1 atom stereocenters. The first-order chi connectivity index (χ1) is 12.0. The van der Waals surface area contributed by atoms with Crippen LogP contribution in [0.5, 0.6) is 5.75 Å². The molecule has 134 valence electrons. The minimum absolute atomic E-state index is 0.0280. The standard InChI is InChI=1S/C20H25ClN2O2/c1-23(2)19(16-8-11-17(25-3)12-9-16)14-22-20(24)13-10-15-6-4-5-7-18(15)21/h4-9,11-12,19H,10,13-14H2,1-3H3,(H,22,24)/t19-/m1/s1. The normalized spacial score (nSPS) is 12.0. The zero-order valence-electron chi connectivity index (χ0n) is 15.0. The molecule has 1 N–H and O–H groups in total. The van der Waals surface area contributed by atoms with Crippen molar-refractivity contribution in [3.8, 4) is 5.75 Å². The van der Waals surface area contributed by atoms with Crippen LogP contribution in [0.25, 0.3) is 0 Å². The molecule has 0 aliphatic rings. The Balaban J connectivity index is 1.89. The fourth-order valence-corrected chi connectivity index (χ4v) is 2.90. The Kier molecular flexibility index (Phi) is 7.29. The molecule has 2 aromatic rings. The second kappa shape index (κ2) is 9.44. The number of nitrogens with one attached hydrogen (secondary N) is 1. The summed E-state index contributed by atoms with van der Waals surface area (Å²) in [5.74, 6) is 0.852. The van der Waals surface area contributed by atoms with Crippen LogP contribution in [-0.2, 0) is 11.2 Å². The van der Waals surface area contributed by atoms with E-state index in [-0.39, 0.29) is 11.9 Å². The molecule has 2 aromatic carbocycles. The maximum absolute atomic E-state index is 12.2. The molecule has 0 saturated heterocycles. The molecular weight excluding hydrogens is 336 g/mol. The summed E-state index contributed by atoms with van der Waals surface area (Å²) in [5.41, 5.74) is 2.14. The summed E-state index contributed by atoms with van der Waals surface area (Å²) < 4.78 is 5.20. The third kappa shape index (κ3) is 5.76. The van der Waals surface area contributed by atoms with E-state index in [1.807, 2.05) is 62.6 Å². The average molecular weight is 361 g/mol. The number of halogens is 1. The van der Waals surface area contributed by atoms with Crippen molar-refractivity contribution in [2.45, 2.75) is 18.9 Å². The summed E-state index contributed by atoms with van der Waals surface area (Å²) in [6.45, 7) is 0.556. The van der Waals surface area contributed by atoms with Gasteiger partial charge in [-0.3, -0.25) is 4.79 Å². The van der Waals surface area contributed by atoms with Crippen LogP contribution in [0.15, 0.2) is 48.5 Å². The maximum atomic E-state index is 12.2. The van der Waals surface area contributed by atoms with Gasteiger partial charge in [-0.05, 0) is 49.8 Å². The van der Waals surface area contributed by atoms with Crippen LogP contribution in [0.3, 0.4) is 0 Å². The molecule has 0 bridgehead atoms. The number of carbonyl (C=O) groups excluding carboxylic acids is 1. The van der Waals surface area contributed by atoms with Gasteiger partial charge in [0, 0.05) is 18.0 Å². The average Bonchev–Trinajstić information content (AvgIpc) is 2.61. The lowest BCUT2D eigenvalue weighted by atomic mass is 10.1. The number of benzene rings is 2. The van der Waals surface area contributed by atoms with Crippen LogP contribution in [0.1, 0.15) is 23.6 Å². The molecule has 4 nitrogen and oxygen atoms in total. The van der Waals surface area contributed by atoms with E-state index in [9.17, 15) is 4.79 Å². The van der Waals surface area contributed by atoms with E-state index in [0.29, 0.717) is 24.4 Å². The van der Waals surface area contributed by atoms with Crippen molar-refractivity contribution in [3.63, 3.8) is 0 Å². The highest BCUT2D eigenvalue weighted by atomic mass is 35.5. The molecule has 0 radical (unpaired) electrons. The number of likely N-dealkylation sites (N-methyl/N-ethyl adjacent to an activating group) is 1. The zero-order valence-corrected chi connectivity index (χ0v) is 15.7. The van der Waals surface area contributed by atoms with E-state index in [0.717, 1.165) is 16.9 Å². The number of ether oxygens (including phenoxy) is 1. The first-order valence-corrected chi connectivity index (χ1v) is 8.69. The van der Waals surface area contributed by atoms with Gasteiger partial charge >= 0.3 is 0 Å². The summed E-state index contributed by atoms with van der Waals surface area (Å²) >= 11 is 6.13. The zero-order chi connectivity index (χ0) is 18.2. The highest BCUT2D eigenvalue weighted by Crippen LogP contribution is 2.21. The molecule has 0 aromatic heterocycles. The predicted molar refractivity (Wildman–Crippen MR) is 102 cm³/mol. The van der Waals surface area contributed by atoms with Crippen molar-refractivity contribution in [3.05, 3.63) is 64.7 Å². The van der Waals surface area contributed by atoms with E-state index in [1.54, 1.807) is 7.11 Å². The molecule has 0 unspecified atom stereocenters. The van der Waals surface area contributed by atoms with Crippen molar-refractivity contribution in [2.75, 3.05) is 27.7 Å². The molecule has 0 fully saturated rings. The number of rotatable bonds is 8. The molecule has 0 aliphatic heterocycles. The lowest BCUT2D eigenvalue weighted by Crippen LogP contribution is -2.34. The van der Waals surface area contributed by atoms with E-state index in [4.69, 9.17) is 16.3 Å². The number of amides is 1. The lowest BCUT2D eigenvalue weighted by molar-refractivity contribution is -0.121. The van der Waals surface area contributed by atoms with Crippen molar-refractivity contribution < 1.29 is 9.53 Å². The number of carbonyl (C=O) groups is 1. The molecule has 0 heterocycles. The van der Waals surface area contributed by atoms with Gasteiger partial charge in [-0.25, -0.2) is 0 Å². The molecule has 5 heteroatoms. The highest BCUT2D eigenvalue weighted by Gasteiger charge is 2.15. The largest absolute Gasteiger partial charge is 0.497 e. The monoisotopic (exact) mass is 360 g/mol. The van der Waals surface area contributed by atoms with E-state index >= 15 is 0 Å². The van der Waals surface area contributed by atoms with Crippen molar-refractivity contribution in [2.24, 2.45) is 0 Å². The van der Waals surface area contributed by atoms with E-state index in [2.05, 4.69) is 10.2 Å². The first-order valence-electron chi connectivity index (χ1n) is 8.31. The van der Waals surface area contributed by atoms with Gasteiger partial charge in [0.2, 0.25) is 5.91 Å². The number of aryl methyl sites for hydroxylation is 1. The van der Waals surface area contributed by atoms with Crippen molar-refractivity contribution in [1.29, 1.82) is 0 Å². The fourth-order valence-electron chi connectivity index (χ4n) is 2.67. The van der Waals surface area contributed by atoms with Crippen LogP contribution in [0.4, 0.5) is 0 Å². The quantitative estimate of drug-likeness (QED) is 0.780. The van der Waals surface area contributed by atoms with Gasteiger partial charge in [0.05, 0.1) is 13.2 Å². The maximum Gasteiger partial charge on any atom is 0.220 e. The SMILES string of the molecule is COc1ccc([C@@H](CNC(=O)CCc2ccccc2Cl)N(C)C)cc1. The topological polar surface area (TPSA) is 41.6 Å². The van der Waals surface area contributed by atoms with Gasteiger partial charge in [-0.15, -0.1) is 0 Å². The second-order valence-electron chi connectivity index (χ2n) is 6.15. The minimum Gasteiger partial charge on any atom is -0.497 e. The van der Waals surface area contributed by atoms with Gasteiger partial charge in [-0.1, -0.05) is 41.9 Å². The summed E-state index contributed by atoms with van der Waals surface area (Å²) in [4.78, 5) is 14.3. The summed E-state index contributed by atoms with van der Waals surface area (Å²) in [5, 5.41) is 3.73. The Bertz CT molecular complexity index is 686. The lowest BCUT2D eigenvalue weighted by Gasteiger charge is -2.25. The molecule has 0 spiro atoms. The Hall–Kier alpha value is -2.04. The Morgan fingerprint density at radius 2 is 1.84 bits per heavy atom. The van der Waals surface area contributed by atoms with Gasteiger partial charge in [0.15, 0.2) is 0 Å². The molecule has 0 saturated carbocycles. The molecular formula is C20H25ClN2O2. The second-order valence-corrected chi connectivity index (χ2v) is 6.56. The summed E-state index contributed by atoms with van der Waals surface area (Å²) in [6, 6.07) is 15.7. The molecule has 25 heavy (non-hydrogen) atoms. The van der Waals surface area contributed by atoms with Gasteiger partial charge in [-0.2, -0.15) is 0 Å². The highest BCUT2D eigenvalue weighted by molar-refractivity contribution is 6.31. The number of nitrogens with zero attached hydrogens (tertiary/aromatic N) is 1.